The minimum Gasteiger partial charge on any atom is -0.341 e. The lowest BCUT2D eigenvalue weighted by Gasteiger charge is -2.19. The van der Waals surface area contributed by atoms with Gasteiger partial charge in [-0.1, -0.05) is 28.1 Å². The predicted octanol–water partition coefficient (Wildman–Crippen LogP) is 2.55. The third-order valence-corrected chi connectivity index (χ3v) is 3.81. The molecule has 1 aliphatic rings. The quantitative estimate of drug-likeness (QED) is 0.927. The van der Waals surface area contributed by atoms with Crippen molar-refractivity contribution in [2.24, 2.45) is 0 Å². The minimum absolute atomic E-state index is 0.217. The highest BCUT2D eigenvalue weighted by atomic mass is 79.9. The lowest BCUT2D eigenvalue weighted by molar-refractivity contribution is -0.130. The van der Waals surface area contributed by atoms with Crippen LogP contribution in [0.5, 0.6) is 0 Å². The van der Waals surface area contributed by atoms with E-state index in [0.29, 0.717) is 19.0 Å². The largest absolute Gasteiger partial charge is 0.341 e. The predicted molar refractivity (Wildman–Crippen MR) is 76.3 cm³/mol. The summed E-state index contributed by atoms with van der Waals surface area (Å²) in [5.41, 5.74) is 1.15. The van der Waals surface area contributed by atoms with Gasteiger partial charge in [-0.15, -0.1) is 0 Å². The molecule has 0 saturated carbocycles. The first-order valence-corrected chi connectivity index (χ1v) is 7.16. The molecule has 1 unspecified atom stereocenters. The summed E-state index contributed by atoms with van der Waals surface area (Å²) in [4.78, 5) is 13.9. The van der Waals surface area contributed by atoms with Gasteiger partial charge in [0.1, 0.15) is 0 Å². The molecule has 1 atom stereocenters. The van der Waals surface area contributed by atoms with Crippen LogP contribution in [-0.4, -0.2) is 30.4 Å². The number of carbonyl (C=O) groups excluding carboxylic acids is 1. The van der Waals surface area contributed by atoms with E-state index in [1.54, 1.807) is 0 Å². The summed E-state index contributed by atoms with van der Waals surface area (Å²) in [6, 6.07) is 8.46. The summed E-state index contributed by atoms with van der Waals surface area (Å²) in [5, 5.41) is 3.36. The summed E-state index contributed by atoms with van der Waals surface area (Å²) < 4.78 is 1.05. The highest BCUT2D eigenvalue weighted by Gasteiger charge is 2.19. The van der Waals surface area contributed by atoms with Crippen molar-refractivity contribution in [2.45, 2.75) is 31.8 Å². The van der Waals surface area contributed by atoms with Gasteiger partial charge in [-0.2, -0.15) is 0 Å². The van der Waals surface area contributed by atoms with Crippen LogP contribution in [0.25, 0.3) is 0 Å². The molecule has 0 aromatic heterocycles. The number of benzene rings is 1. The topological polar surface area (TPSA) is 32.3 Å². The summed E-state index contributed by atoms with van der Waals surface area (Å²) in [6.07, 6.45) is 2.92. The van der Waals surface area contributed by atoms with E-state index in [1.807, 2.05) is 30.1 Å². The summed E-state index contributed by atoms with van der Waals surface area (Å²) in [6.45, 7) is 1.72. The molecular weight excluding hydrogens is 292 g/mol. The Morgan fingerprint density at radius 3 is 3.06 bits per heavy atom. The number of nitrogens with zero attached hydrogens (tertiary/aromatic N) is 1. The number of hydrogen-bond donors (Lipinski definition) is 1. The van der Waals surface area contributed by atoms with Gasteiger partial charge >= 0.3 is 0 Å². The molecule has 1 amide bonds. The maximum atomic E-state index is 12.1. The van der Waals surface area contributed by atoms with Gasteiger partial charge in [0.25, 0.3) is 0 Å². The second kappa shape index (κ2) is 6.34. The fraction of sp³-hybridized carbons (Fsp3) is 0.500. The second-order valence-corrected chi connectivity index (χ2v) is 5.79. The smallest absolute Gasteiger partial charge is 0.224 e. The first-order chi connectivity index (χ1) is 8.65. The first kappa shape index (κ1) is 13.6. The molecule has 18 heavy (non-hydrogen) atoms. The van der Waals surface area contributed by atoms with E-state index in [4.69, 9.17) is 0 Å². The van der Waals surface area contributed by atoms with Crippen molar-refractivity contribution in [1.29, 1.82) is 0 Å². The molecule has 1 heterocycles. The maximum absolute atomic E-state index is 12.1. The van der Waals surface area contributed by atoms with Crippen molar-refractivity contribution in [3.05, 3.63) is 34.3 Å². The molecule has 0 aliphatic carbocycles. The first-order valence-electron chi connectivity index (χ1n) is 6.37. The van der Waals surface area contributed by atoms with Crippen LogP contribution in [0.3, 0.4) is 0 Å². The third kappa shape index (κ3) is 3.82. The molecule has 0 spiro atoms. The fourth-order valence-electron chi connectivity index (χ4n) is 2.29. The highest BCUT2D eigenvalue weighted by Crippen LogP contribution is 2.14. The number of carbonyl (C=O) groups is 1. The lowest BCUT2D eigenvalue weighted by atomic mass is 10.1. The molecule has 1 aromatic rings. The standard InChI is InChI=1S/C14H19BrN2O/c1-17(10-11-4-2-5-12(15)8-11)14(18)9-13-6-3-7-16-13/h2,4-5,8,13,16H,3,6-7,9-10H2,1H3. The van der Waals surface area contributed by atoms with Crippen LogP contribution in [-0.2, 0) is 11.3 Å². The van der Waals surface area contributed by atoms with Crippen LogP contribution < -0.4 is 5.32 Å². The molecule has 1 aliphatic heterocycles. The Bertz CT molecular complexity index is 416. The van der Waals surface area contributed by atoms with Gasteiger partial charge in [-0.3, -0.25) is 4.79 Å². The Hall–Kier alpha value is -0.870. The minimum atomic E-state index is 0.217. The van der Waals surface area contributed by atoms with Crippen LogP contribution in [0.4, 0.5) is 0 Å². The summed E-state index contributed by atoms with van der Waals surface area (Å²) in [5.74, 6) is 0.217. The average molecular weight is 311 g/mol. The summed E-state index contributed by atoms with van der Waals surface area (Å²) >= 11 is 3.45. The van der Waals surface area contributed by atoms with Crippen LogP contribution >= 0.6 is 15.9 Å². The number of rotatable bonds is 4. The molecule has 2 rings (SSSR count). The van der Waals surface area contributed by atoms with Gasteiger partial charge in [0.15, 0.2) is 0 Å². The number of hydrogen-bond acceptors (Lipinski definition) is 2. The SMILES string of the molecule is CN(Cc1cccc(Br)c1)C(=O)CC1CCCN1. The number of nitrogens with one attached hydrogen (secondary N) is 1. The van der Waals surface area contributed by atoms with Crippen LogP contribution in [0.1, 0.15) is 24.8 Å². The van der Waals surface area contributed by atoms with Crippen molar-refractivity contribution in [2.75, 3.05) is 13.6 Å². The van der Waals surface area contributed by atoms with E-state index < -0.39 is 0 Å². The normalized spacial score (nSPS) is 18.9. The zero-order valence-electron chi connectivity index (χ0n) is 10.7. The van der Waals surface area contributed by atoms with E-state index in [9.17, 15) is 4.79 Å². The van der Waals surface area contributed by atoms with E-state index >= 15 is 0 Å². The van der Waals surface area contributed by atoms with Gasteiger partial charge in [-0.25, -0.2) is 0 Å². The Kier molecular flexibility index (Phi) is 4.78. The molecule has 1 saturated heterocycles. The molecule has 0 radical (unpaired) electrons. The average Bonchev–Trinajstić information content (AvgIpc) is 2.81. The zero-order chi connectivity index (χ0) is 13.0. The van der Waals surface area contributed by atoms with Gasteiger partial charge in [0.05, 0.1) is 0 Å². The van der Waals surface area contributed by atoms with Crippen LogP contribution in [0.2, 0.25) is 0 Å². The Labute approximate surface area is 117 Å². The van der Waals surface area contributed by atoms with E-state index in [-0.39, 0.29) is 5.91 Å². The molecule has 1 fully saturated rings. The molecule has 0 bridgehead atoms. The molecule has 1 N–H and O–H groups in total. The Balaban J connectivity index is 1.86. The monoisotopic (exact) mass is 310 g/mol. The second-order valence-electron chi connectivity index (χ2n) is 4.88. The lowest BCUT2D eigenvalue weighted by Crippen LogP contribution is -2.33. The van der Waals surface area contributed by atoms with Gasteiger partial charge in [0, 0.05) is 30.5 Å². The maximum Gasteiger partial charge on any atom is 0.224 e. The molecule has 98 valence electrons. The Morgan fingerprint density at radius 2 is 2.39 bits per heavy atom. The van der Waals surface area contributed by atoms with Crippen molar-refractivity contribution < 1.29 is 4.79 Å². The van der Waals surface area contributed by atoms with Crippen molar-refractivity contribution in [1.82, 2.24) is 10.2 Å². The van der Waals surface area contributed by atoms with Gasteiger partial charge in [-0.05, 0) is 37.1 Å². The van der Waals surface area contributed by atoms with Gasteiger partial charge in [0.2, 0.25) is 5.91 Å². The highest BCUT2D eigenvalue weighted by molar-refractivity contribution is 9.10. The fourth-order valence-corrected chi connectivity index (χ4v) is 2.74. The zero-order valence-corrected chi connectivity index (χ0v) is 12.2. The van der Waals surface area contributed by atoms with Crippen LogP contribution in [0, 0.1) is 0 Å². The Morgan fingerprint density at radius 1 is 1.56 bits per heavy atom. The summed E-state index contributed by atoms with van der Waals surface area (Å²) in [7, 11) is 1.87. The van der Waals surface area contributed by atoms with E-state index in [2.05, 4.69) is 27.3 Å². The van der Waals surface area contributed by atoms with Gasteiger partial charge < -0.3 is 10.2 Å². The molecule has 1 aromatic carbocycles. The number of amides is 1. The van der Waals surface area contributed by atoms with Crippen LogP contribution in [0.15, 0.2) is 28.7 Å². The van der Waals surface area contributed by atoms with E-state index in [1.165, 1.54) is 6.42 Å². The molecule has 4 heteroatoms. The third-order valence-electron chi connectivity index (χ3n) is 3.32. The van der Waals surface area contributed by atoms with Crippen molar-refractivity contribution >= 4 is 21.8 Å². The number of halogens is 1. The molecule has 3 nitrogen and oxygen atoms in total. The van der Waals surface area contributed by atoms with Crippen molar-refractivity contribution in [3.8, 4) is 0 Å². The molecular formula is C14H19BrN2O. The van der Waals surface area contributed by atoms with E-state index in [0.717, 1.165) is 23.0 Å². The van der Waals surface area contributed by atoms with Crippen molar-refractivity contribution in [3.63, 3.8) is 0 Å².